The molecule has 2 saturated carbocycles. The number of fused-ring (bicyclic) bond motifs is 2. The molecule has 0 radical (unpaired) electrons. The van der Waals surface area contributed by atoms with E-state index in [2.05, 4.69) is 38.9 Å². The summed E-state index contributed by atoms with van der Waals surface area (Å²) in [5, 5.41) is 16.1. The van der Waals surface area contributed by atoms with E-state index in [4.69, 9.17) is 25.5 Å². The van der Waals surface area contributed by atoms with Crippen LogP contribution in [0.25, 0.3) is 56.0 Å². The zero-order valence-electron chi connectivity index (χ0n) is 25.1. The second kappa shape index (κ2) is 9.90. The van der Waals surface area contributed by atoms with Gasteiger partial charge in [-0.3, -0.25) is 9.67 Å². The molecule has 2 aliphatic rings. The Bertz CT molecular complexity index is 2130. The van der Waals surface area contributed by atoms with Crippen LogP contribution in [0.3, 0.4) is 0 Å². The van der Waals surface area contributed by atoms with Crippen LogP contribution in [-0.4, -0.2) is 64.2 Å². The van der Waals surface area contributed by atoms with Crippen LogP contribution < -0.4 is 10.5 Å². The first kappa shape index (κ1) is 26.4. The van der Waals surface area contributed by atoms with Crippen molar-refractivity contribution in [2.24, 2.45) is 24.8 Å². The number of methoxy groups -OCH3 is 1. The van der Waals surface area contributed by atoms with E-state index in [-0.39, 0.29) is 0 Å². The summed E-state index contributed by atoms with van der Waals surface area (Å²) in [4.78, 5) is 14.5. The van der Waals surface area contributed by atoms with Crippen molar-refractivity contribution in [1.29, 1.82) is 0 Å². The Morgan fingerprint density at radius 2 is 1.82 bits per heavy atom. The average Bonchev–Trinajstić information content (AvgIpc) is 3.89. The fraction of sp³-hybridized carbons (Fsp3) is 0.312. The number of allylic oxidation sites excluding steroid dienone is 1. The molecule has 44 heavy (non-hydrogen) atoms. The van der Waals surface area contributed by atoms with Gasteiger partial charge in [-0.15, -0.1) is 5.10 Å². The van der Waals surface area contributed by atoms with Gasteiger partial charge in [-0.05, 0) is 37.8 Å². The van der Waals surface area contributed by atoms with Crippen molar-refractivity contribution >= 4 is 33.8 Å². The van der Waals surface area contributed by atoms with Gasteiger partial charge in [0.1, 0.15) is 11.5 Å². The van der Waals surface area contributed by atoms with Crippen LogP contribution in [0, 0.1) is 0 Å². The van der Waals surface area contributed by atoms with Gasteiger partial charge in [0.25, 0.3) is 5.88 Å². The van der Waals surface area contributed by atoms with Crippen molar-refractivity contribution in [3.8, 4) is 34.2 Å². The van der Waals surface area contributed by atoms with Gasteiger partial charge < -0.3 is 15.0 Å². The van der Waals surface area contributed by atoms with E-state index in [0.717, 1.165) is 76.0 Å². The standard InChI is InChI=1S/C32H33N11O/c1-34-14-21(13-33)42-17-26(32(39-42)44-4)43-16-24-22(6-5-7-25(24)37-43)28-29(19-10-11-19)41(3)31(36-28)23-12-20-15-40(2)38-30(20)35-27(23)18-8-9-18/h5-7,12-19H,8-11,33H2,1-4H3. The SMILES string of the molecule is CN=CC(=CN)n1cc(-n2cc3c(-c4nc(-c5cc6cn(C)nc6nc5C5CC5)n(C)c4C4CC4)cccc3n2)c(OC)n1. The summed E-state index contributed by atoms with van der Waals surface area (Å²) < 4.78 is 13.2. The Balaban J connectivity index is 1.29. The zero-order valence-corrected chi connectivity index (χ0v) is 25.1. The molecule has 222 valence electrons. The number of imidazole rings is 1. The number of hydrogen-bond acceptors (Lipinski definition) is 8. The Hall–Kier alpha value is -5.26. The lowest BCUT2D eigenvalue weighted by molar-refractivity contribution is 0.392. The molecule has 0 amide bonds. The first-order chi connectivity index (χ1) is 21.5. The fourth-order valence-corrected chi connectivity index (χ4v) is 6.18. The van der Waals surface area contributed by atoms with Crippen molar-refractivity contribution in [3.05, 3.63) is 60.4 Å². The second-order valence-corrected chi connectivity index (χ2v) is 11.7. The smallest absolute Gasteiger partial charge is 0.259 e. The first-order valence-electron chi connectivity index (χ1n) is 14.9. The van der Waals surface area contributed by atoms with Gasteiger partial charge in [0.05, 0.1) is 35.9 Å². The van der Waals surface area contributed by atoms with E-state index in [9.17, 15) is 0 Å². The Labute approximate surface area is 253 Å². The molecule has 0 unspecified atom stereocenters. The van der Waals surface area contributed by atoms with E-state index in [1.54, 1.807) is 29.7 Å². The number of aliphatic imine (C=N–C) groups is 1. The summed E-state index contributed by atoms with van der Waals surface area (Å²) in [6.07, 6.45) is 13.6. The van der Waals surface area contributed by atoms with Crippen LogP contribution in [-0.2, 0) is 14.1 Å². The predicted octanol–water partition coefficient (Wildman–Crippen LogP) is 4.79. The molecular formula is C32H33N11O. The summed E-state index contributed by atoms with van der Waals surface area (Å²) in [5.74, 6) is 2.30. The largest absolute Gasteiger partial charge is 0.478 e. The molecule has 0 spiro atoms. The van der Waals surface area contributed by atoms with E-state index in [1.165, 1.54) is 11.9 Å². The second-order valence-electron chi connectivity index (χ2n) is 11.7. The molecule has 8 rings (SSSR count). The number of rotatable bonds is 8. The number of hydrogen-bond donors (Lipinski definition) is 1. The van der Waals surface area contributed by atoms with Crippen LogP contribution in [0.15, 0.2) is 54.0 Å². The third-order valence-corrected chi connectivity index (χ3v) is 8.55. The molecule has 1 aromatic carbocycles. The number of ether oxygens (including phenoxy) is 1. The van der Waals surface area contributed by atoms with Gasteiger partial charge in [0.15, 0.2) is 5.65 Å². The molecule has 0 saturated heterocycles. The van der Waals surface area contributed by atoms with Crippen LogP contribution in [0.1, 0.15) is 48.9 Å². The summed E-state index contributed by atoms with van der Waals surface area (Å²) in [6.45, 7) is 0. The van der Waals surface area contributed by atoms with Gasteiger partial charge in [-0.1, -0.05) is 12.1 Å². The molecule has 12 heteroatoms. The lowest BCUT2D eigenvalue weighted by Gasteiger charge is -2.10. The lowest BCUT2D eigenvalue weighted by Crippen LogP contribution is -2.02. The minimum Gasteiger partial charge on any atom is -0.478 e. The molecule has 0 bridgehead atoms. The third-order valence-electron chi connectivity index (χ3n) is 8.55. The maximum Gasteiger partial charge on any atom is 0.259 e. The quantitative estimate of drug-likeness (QED) is 0.253. The van der Waals surface area contributed by atoms with Crippen molar-refractivity contribution < 1.29 is 4.74 Å². The Morgan fingerprint density at radius 3 is 2.55 bits per heavy atom. The van der Waals surface area contributed by atoms with Gasteiger partial charge in [0.2, 0.25) is 0 Å². The van der Waals surface area contributed by atoms with Crippen LogP contribution >= 0.6 is 0 Å². The number of pyridine rings is 1. The Morgan fingerprint density at radius 1 is 1.00 bits per heavy atom. The highest BCUT2D eigenvalue weighted by molar-refractivity contribution is 6.01. The summed E-state index contributed by atoms with van der Waals surface area (Å²) in [7, 11) is 7.37. The third kappa shape index (κ3) is 4.20. The summed E-state index contributed by atoms with van der Waals surface area (Å²) in [6, 6.07) is 8.44. The fourth-order valence-electron chi connectivity index (χ4n) is 6.18. The highest BCUT2D eigenvalue weighted by Gasteiger charge is 2.35. The topological polar surface area (TPSA) is 132 Å². The maximum absolute atomic E-state index is 5.84. The number of benzene rings is 1. The molecule has 5 heterocycles. The predicted molar refractivity (Wildman–Crippen MR) is 170 cm³/mol. The van der Waals surface area contributed by atoms with Crippen LogP contribution in [0.2, 0.25) is 0 Å². The van der Waals surface area contributed by atoms with E-state index < -0.39 is 0 Å². The van der Waals surface area contributed by atoms with E-state index >= 15 is 0 Å². The average molecular weight is 588 g/mol. The minimum absolute atomic E-state index is 0.424. The summed E-state index contributed by atoms with van der Waals surface area (Å²) >= 11 is 0. The monoisotopic (exact) mass is 587 g/mol. The molecule has 0 aliphatic heterocycles. The maximum atomic E-state index is 5.84. The molecule has 5 aromatic heterocycles. The summed E-state index contributed by atoms with van der Waals surface area (Å²) in [5.41, 5.74) is 14.3. The van der Waals surface area contributed by atoms with Crippen molar-refractivity contribution in [1.82, 2.24) is 43.9 Å². The van der Waals surface area contributed by atoms with E-state index in [1.807, 2.05) is 42.5 Å². The van der Waals surface area contributed by atoms with Crippen molar-refractivity contribution in [2.45, 2.75) is 37.5 Å². The molecule has 0 atom stereocenters. The highest BCUT2D eigenvalue weighted by Crippen LogP contribution is 2.49. The number of aromatic nitrogens is 9. The van der Waals surface area contributed by atoms with Gasteiger partial charge in [-0.2, -0.15) is 10.2 Å². The lowest BCUT2D eigenvalue weighted by atomic mass is 10.0. The molecule has 2 fully saturated rings. The normalized spacial score (nSPS) is 15.8. The molecule has 12 nitrogen and oxygen atoms in total. The molecule has 2 N–H and O–H groups in total. The number of nitrogens with zero attached hydrogens (tertiary/aromatic N) is 10. The minimum atomic E-state index is 0.424. The number of aryl methyl sites for hydroxylation is 1. The van der Waals surface area contributed by atoms with Crippen LogP contribution in [0.4, 0.5) is 0 Å². The zero-order chi connectivity index (χ0) is 30.1. The highest BCUT2D eigenvalue weighted by atomic mass is 16.5. The molecule has 6 aromatic rings. The van der Waals surface area contributed by atoms with Crippen LogP contribution in [0.5, 0.6) is 5.88 Å². The van der Waals surface area contributed by atoms with E-state index in [0.29, 0.717) is 29.1 Å². The number of nitrogens with two attached hydrogens (primary N) is 1. The van der Waals surface area contributed by atoms with Crippen molar-refractivity contribution in [2.75, 3.05) is 14.2 Å². The van der Waals surface area contributed by atoms with Gasteiger partial charge in [0, 0.05) is 85.4 Å². The molecular weight excluding hydrogens is 554 g/mol. The van der Waals surface area contributed by atoms with Gasteiger partial charge in [-0.25, -0.2) is 19.3 Å². The first-order valence-corrected chi connectivity index (χ1v) is 14.9. The molecule has 2 aliphatic carbocycles. The van der Waals surface area contributed by atoms with Crippen molar-refractivity contribution in [3.63, 3.8) is 0 Å². The Kier molecular flexibility index (Phi) is 5.93. The van der Waals surface area contributed by atoms with Gasteiger partial charge >= 0.3 is 0 Å².